The van der Waals surface area contributed by atoms with Crippen LogP contribution in [0, 0.1) is 0 Å². The number of anilines is 1. The summed E-state index contributed by atoms with van der Waals surface area (Å²) in [6.45, 7) is 3.40. The standard InChI is InChI=1S/C18H26N2O2/c1-13(18(22)20-16-9-5-3-4-6-10-16)19-17-11-7-8-15(12-17)14(2)21/h7-8,11-13,16,19H,3-6,9-10H2,1-2H3,(H,20,22). The Morgan fingerprint density at radius 3 is 2.45 bits per heavy atom. The second-order valence-corrected chi connectivity index (χ2v) is 6.20. The maximum Gasteiger partial charge on any atom is 0.242 e. The maximum atomic E-state index is 12.3. The molecule has 0 bridgehead atoms. The Kier molecular flexibility index (Phi) is 5.99. The van der Waals surface area contributed by atoms with Gasteiger partial charge >= 0.3 is 0 Å². The molecule has 0 radical (unpaired) electrons. The van der Waals surface area contributed by atoms with Gasteiger partial charge in [-0.2, -0.15) is 0 Å². The summed E-state index contributed by atoms with van der Waals surface area (Å²) in [5, 5.41) is 6.33. The van der Waals surface area contributed by atoms with Gasteiger partial charge in [0.1, 0.15) is 6.04 Å². The molecule has 2 N–H and O–H groups in total. The van der Waals surface area contributed by atoms with Gasteiger partial charge in [0.25, 0.3) is 0 Å². The molecule has 0 heterocycles. The van der Waals surface area contributed by atoms with Crippen molar-refractivity contribution in [2.75, 3.05) is 5.32 Å². The van der Waals surface area contributed by atoms with Gasteiger partial charge in [0.2, 0.25) is 5.91 Å². The predicted octanol–water partition coefficient (Wildman–Crippen LogP) is 3.53. The van der Waals surface area contributed by atoms with Crippen LogP contribution >= 0.6 is 0 Å². The van der Waals surface area contributed by atoms with Crippen LogP contribution in [-0.2, 0) is 4.79 Å². The van der Waals surface area contributed by atoms with Crippen molar-refractivity contribution in [2.24, 2.45) is 0 Å². The molecule has 1 atom stereocenters. The fraction of sp³-hybridized carbons (Fsp3) is 0.556. The quantitative estimate of drug-likeness (QED) is 0.646. The number of carbonyl (C=O) groups is 2. The number of ketones is 1. The lowest BCUT2D eigenvalue weighted by molar-refractivity contribution is -0.122. The molecule has 1 fully saturated rings. The van der Waals surface area contributed by atoms with E-state index in [2.05, 4.69) is 10.6 Å². The van der Waals surface area contributed by atoms with E-state index in [1.807, 2.05) is 19.1 Å². The van der Waals surface area contributed by atoms with E-state index in [9.17, 15) is 9.59 Å². The van der Waals surface area contributed by atoms with E-state index in [-0.39, 0.29) is 17.7 Å². The molecule has 0 saturated heterocycles. The third-order valence-corrected chi connectivity index (χ3v) is 4.25. The first kappa shape index (κ1) is 16.5. The molecular weight excluding hydrogens is 276 g/mol. The van der Waals surface area contributed by atoms with Gasteiger partial charge in [-0.15, -0.1) is 0 Å². The number of rotatable bonds is 5. The smallest absolute Gasteiger partial charge is 0.242 e. The SMILES string of the molecule is CC(=O)c1cccc(NC(C)C(=O)NC2CCCCCC2)c1. The van der Waals surface area contributed by atoms with Crippen molar-refractivity contribution in [3.8, 4) is 0 Å². The van der Waals surface area contributed by atoms with Crippen LogP contribution in [-0.4, -0.2) is 23.8 Å². The summed E-state index contributed by atoms with van der Waals surface area (Å²) in [6, 6.07) is 7.27. The molecule has 1 unspecified atom stereocenters. The van der Waals surface area contributed by atoms with Gasteiger partial charge in [0.05, 0.1) is 0 Å². The molecule has 1 aromatic rings. The molecule has 1 aliphatic rings. The van der Waals surface area contributed by atoms with E-state index in [1.165, 1.54) is 25.7 Å². The molecule has 1 aromatic carbocycles. The Hall–Kier alpha value is -1.84. The molecule has 1 aliphatic carbocycles. The van der Waals surface area contributed by atoms with Crippen molar-refractivity contribution >= 4 is 17.4 Å². The second kappa shape index (κ2) is 7.97. The second-order valence-electron chi connectivity index (χ2n) is 6.20. The maximum absolute atomic E-state index is 12.3. The Morgan fingerprint density at radius 2 is 1.82 bits per heavy atom. The van der Waals surface area contributed by atoms with Crippen molar-refractivity contribution in [1.82, 2.24) is 5.32 Å². The van der Waals surface area contributed by atoms with E-state index >= 15 is 0 Å². The summed E-state index contributed by atoms with van der Waals surface area (Å²) >= 11 is 0. The summed E-state index contributed by atoms with van der Waals surface area (Å²) < 4.78 is 0. The highest BCUT2D eigenvalue weighted by molar-refractivity contribution is 5.95. The summed E-state index contributed by atoms with van der Waals surface area (Å²) in [4.78, 5) is 23.7. The van der Waals surface area contributed by atoms with Crippen LogP contribution in [0.25, 0.3) is 0 Å². The average molecular weight is 302 g/mol. The molecule has 4 nitrogen and oxygen atoms in total. The molecule has 0 spiro atoms. The van der Waals surface area contributed by atoms with Crippen molar-refractivity contribution in [1.29, 1.82) is 0 Å². The largest absolute Gasteiger partial charge is 0.374 e. The lowest BCUT2D eigenvalue weighted by atomic mass is 10.1. The molecule has 0 aromatic heterocycles. The van der Waals surface area contributed by atoms with Crippen LogP contribution in [0.2, 0.25) is 0 Å². The van der Waals surface area contributed by atoms with Crippen molar-refractivity contribution < 1.29 is 9.59 Å². The molecule has 1 amide bonds. The number of hydrogen-bond donors (Lipinski definition) is 2. The molecule has 22 heavy (non-hydrogen) atoms. The number of amides is 1. The van der Waals surface area contributed by atoms with Crippen molar-refractivity contribution in [2.45, 2.75) is 64.5 Å². The highest BCUT2D eigenvalue weighted by atomic mass is 16.2. The summed E-state index contributed by atoms with van der Waals surface area (Å²) in [6.07, 6.45) is 7.12. The van der Waals surface area contributed by atoms with E-state index in [4.69, 9.17) is 0 Å². The van der Waals surface area contributed by atoms with Gasteiger partial charge in [-0.05, 0) is 38.8 Å². The van der Waals surface area contributed by atoms with E-state index in [0.29, 0.717) is 11.6 Å². The van der Waals surface area contributed by atoms with Crippen LogP contribution in [0.5, 0.6) is 0 Å². The third kappa shape index (κ3) is 4.86. The minimum Gasteiger partial charge on any atom is -0.374 e. The average Bonchev–Trinajstić information content (AvgIpc) is 2.76. The summed E-state index contributed by atoms with van der Waals surface area (Å²) in [5.74, 6) is 0.0549. The summed E-state index contributed by atoms with van der Waals surface area (Å²) in [7, 11) is 0. The number of benzene rings is 1. The molecular formula is C18H26N2O2. The van der Waals surface area contributed by atoms with E-state index in [1.54, 1.807) is 19.1 Å². The van der Waals surface area contributed by atoms with Gasteiger partial charge in [-0.1, -0.05) is 37.8 Å². The minimum atomic E-state index is -0.314. The fourth-order valence-electron chi connectivity index (χ4n) is 2.89. The van der Waals surface area contributed by atoms with E-state index < -0.39 is 0 Å². The Bertz CT molecular complexity index is 520. The van der Waals surface area contributed by atoms with Crippen LogP contribution in [0.15, 0.2) is 24.3 Å². The first-order valence-electron chi connectivity index (χ1n) is 8.24. The highest BCUT2D eigenvalue weighted by Gasteiger charge is 2.18. The van der Waals surface area contributed by atoms with Crippen molar-refractivity contribution in [3.63, 3.8) is 0 Å². The van der Waals surface area contributed by atoms with Crippen LogP contribution < -0.4 is 10.6 Å². The number of Topliss-reactive ketones (excluding diaryl/α,β-unsaturated/α-hetero) is 1. The van der Waals surface area contributed by atoms with Gasteiger partial charge in [-0.3, -0.25) is 9.59 Å². The Labute approximate surface area is 132 Å². The van der Waals surface area contributed by atoms with Gasteiger partial charge < -0.3 is 10.6 Å². The number of nitrogens with one attached hydrogen (secondary N) is 2. The zero-order valence-electron chi connectivity index (χ0n) is 13.5. The molecule has 0 aliphatic heterocycles. The molecule has 4 heteroatoms. The van der Waals surface area contributed by atoms with Crippen LogP contribution in [0.1, 0.15) is 62.7 Å². The minimum absolute atomic E-state index is 0.0270. The Balaban J connectivity index is 1.90. The third-order valence-electron chi connectivity index (χ3n) is 4.25. The zero-order valence-corrected chi connectivity index (χ0v) is 13.5. The topological polar surface area (TPSA) is 58.2 Å². The van der Waals surface area contributed by atoms with Gasteiger partial charge in [0, 0.05) is 17.3 Å². The van der Waals surface area contributed by atoms with Gasteiger partial charge in [-0.25, -0.2) is 0 Å². The normalized spacial score (nSPS) is 17.4. The number of carbonyl (C=O) groups excluding carboxylic acids is 2. The first-order chi connectivity index (χ1) is 10.6. The first-order valence-corrected chi connectivity index (χ1v) is 8.24. The van der Waals surface area contributed by atoms with Crippen molar-refractivity contribution in [3.05, 3.63) is 29.8 Å². The number of hydrogen-bond acceptors (Lipinski definition) is 3. The monoisotopic (exact) mass is 302 g/mol. The molecule has 2 rings (SSSR count). The molecule has 1 saturated carbocycles. The lowest BCUT2D eigenvalue weighted by Crippen LogP contribution is -2.43. The lowest BCUT2D eigenvalue weighted by Gasteiger charge is -2.21. The van der Waals surface area contributed by atoms with Gasteiger partial charge in [0.15, 0.2) is 5.78 Å². The zero-order chi connectivity index (χ0) is 15.9. The van der Waals surface area contributed by atoms with Crippen LogP contribution in [0.4, 0.5) is 5.69 Å². The molecule has 120 valence electrons. The fourth-order valence-corrected chi connectivity index (χ4v) is 2.89. The Morgan fingerprint density at radius 1 is 1.14 bits per heavy atom. The van der Waals surface area contributed by atoms with Crippen LogP contribution in [0.3, 0.4) is 0 Å². The predicted molar refractivity (Wildman–Crippen MR) is 89.2 cm³/mol. The summed E-state index contributed by atoms with van der Waals surface area (Å²) in [5.41, 5.74) is 1.46. The van der Waals surface area contributed by atoms with E-state index in [0.717, 1.165) is 18.5 Å². The highest BCUT2D eigenvalue weighted by Crippen LogP contribution is 2.18.